The molecular weight excluding hydrogens is 242 g/mol. The van der Waals surface area contributed by atoms with Gasteiger partial charge in [-0.25, -0.2) is 9.97 Å². The third kappa shape index (κ3) is 3.25. The van der Waals surface area contributed by atoms with Gasteiger partial charge in [-0.3, -0.25) is 0 Å². The largest absolute Gasteiger partial charge is 0.358 e. The first-order valence-corrected chi connectivity index (χ1v) is 7.10. The van der Waals surface area contributed by atoms with Crippen molar-refractivity contribution in [2.75, 3.05) is 30.5 Å². The molecule has 0 radical (unpaired) electrons. The molecule has 0 saturated carbocycles. The molecule has 1 heterocycles. The van der Waals surface area contributed by atoms with E-state index in [-0.39, 0.29) is 0 Å². The zero-order valence-corrected chi connectivity index (χ0v) is 11.8. The molecule has 90 valence electrons. The van der Waals surface area contributed by atoms with Crippen LogP contribution >= 0.6 is 23.4 Å². The highest BCUT2D eigenvalue weighted by Crippen LogP contribution is 2.22. The summed E-state index contributed by atoms with van der Waals surface area (Å²) in [7, 11) is 2.04. The quantitative estimate of drug-likeness (QED) is 0.761. The van der Waals surface area contributed by atoms with Gasteiger partial charge in [0.25, 0.3) is 0 Å². The van der Waals surface area contributed by atoms with E-state index in [9.17, 15) is 0 Å². The molecule has 0 amide bonds. The number of rotatable bonds is 5. The summed E-state index contributed by atoms with van der Waals surface area (Å²) in [6.07, 6.45) is 2.91. The summed E-state index contributed by atoms with van der Waals surface area (Å²) >= 11 is 7.92. The van der Waals surface area contributed by atoms with Crippen LogP contribution < -0.4 is 4.90 Å². The Hall–Kier alpha value is -0.480. The Bertz CT molecular complexity index is 357. The van der Waals surface area contributed by atoms with E-state index in [1.54, 1.807) is 0 Å². The number of thioether (sulfide) groups is 1. The van der Waals surface area contributed by atoms with Crippen LogP contribution in [0.25, 0.3) is 0 Å². The van der Waals surface area contributed by atoms with Gasteiger partial charge in [-0.1, -0.05) is 18.5 Å². The van der Waals surface area contributed by atoms with Gasteiger partial charge in [0, 0.05) is 31.3 Å². The highest BCUT2D eigenvalue weighted by Gasteiger charge is 2.11. The second kappa shape index (κ2) is 6.30. The summed E-state index contributed by atoms with van der Waals surface area (Å²) in [5, 5.41) is 0.567. The molecule has 0 N–H and O–H groups in total. The van der Waals surface area contributed by atoms with Crippen molar-refractivity contribution < 1.29 is 0 Å². The lowest BCUT2D eigenvalue weighted by Gasteiger charge is -2.20. The molecule has 0 aliphatic carbocycles. The van der Waals surface area contributed by atoms with Crippen molar-refractivity contribution in [3.8, 4) is 0 Å². The first kappa shape index (κ1) is 13.6. The molecule has 16 heavy (non-hydrogen) atoms. The lowest BCUT2D eigenvalue weighted by atomic mass is 10.3. The molecule has 5 heteroatoms. The van der Waals surface area contributed by atoms with Gasteiger partial charge >= 0.3 is 0 Å². The lowest BCUT2D eigenvalue weighted by molar-refractivity contribution is 0.873. The van der Waals surface area contributed by atoms with Gasteiger partial charge in [0.05, 0.1) is 0 Å². The number of aromatic nitrogens is 2. The highest BCUT2D eigenvalue weighted by molar-refractivity contribution is 7.98. The summed E-state index contributed by atoms with van der Waals surface area (Å²) in [6, 6.07) is 0. The van der Waals surface area contributed by atoms with Gasteiger partial charge in [-0.05, 0) is 13.2 Å². The third-order valence-corrected chi connectivity index (χ3v) is 3.37. The summed E-state index contributed by atoms with van der Waals surface area (Å²) in [4.78, 5) is 10.9. The topological polar surface area (TPSA) is 29.0 Å². The number of hydrogen-bond donors (Lipinski definition) is 0. The van der Waals surface area contributed by atoms with E-state index >= 15 is 0 Å². The Morgan fingerprint density at radius 3 is 2.62 bits per heavy atom. The fourth-order valence-electron chi connectivity index (χ4n) is 1.38. The van der Waals surface area contributed by atoms with Gasteiger partial charge < -0.3 is 4.90 Å². The van der Waals surface area contributed by atoms with E-state index in [1.807, 2.05) is 32.7 Å². The average molecular weight is 260 g/mol. The predicted molar refractivity (Wildman–Crippen MR) is 72.8 cm³/mol. The molecule has 0 atom stereocenters. The monoisotopic (exact) mass is 259 g/mol. The van der Waals surface area contributed by atoms with Gasteiger partial charge in [-0.15, -0.1) is 0 Å². The summed E-state index contributed by atoms with van der Waals surface area (Å²) in [5.74, 6) is 2.84. The summed E-state index contributed by atoms with van der Waals surface area (Å²) in [6.45, 7) is 4.97. The Balaban J connectivity index is 2.97. The van der Waals surface area contributed by atoms with Gasteiger partial charge in [0.2, 0.25) is 0 Å². The molecule has 1 aromatic rings. The maximum absolute atomic E-state index is 6.09. The van der Waals surface area contributed by atoms with Crippen LogP contribution in [-0.4, -0.2) is 35.6 Å². The second-order valence-corrected chi connectivity index (χ2v) is 4.99. The molecule has 0 aliphatic heterocycles. The standard InChI is InChI=1S/C11H18ClN3S/c1-5-9-13-10(12)8(2)11(14-9)15(3)6-7-16-4/h5-7H2,1-4H3. The van der Waals surface area contributed by atoms with Crippen LogP contribution in [0.4, 0.5) is 5.82 Å². The SMILES string of the molecule is CCc1nc(Cl)c(C)c(N(C)CCSC)n1. The smallest absolute Gasteiger partial charge is 0.137 e. The van der Waals surface area contributed by atoms with E-state index < -0.39 is 0 Å². The predicted octanol–water partition coefficient (Wildman–Crippen LogP) is 2.80. The Morgan fingerprint density at radius 2 is 2.06 bits per heavy atom. The number of aryl methyl sites for hydroxylation is 1. The van der Waals surface area contributed by atoms with E-state index in [0.29, 0.717) is 5.15 Å². The van der Waals surface area contributed by atoms with E-state index in [4.69, 9.17) is 11.6 Å². The molecule has 0 unspecified atom stereocenters. The summed E-state index contributed by atoms with van der Waals surface area (Å²) < 4.78 is 0. The van der Waals surface area contributed by atoms with Crippen LogP contribution in [0.1, 0.15) is 18.3 Å². The van der Waals surface area contributed by atoms with Crippen LogP contribution in [0.3, 0.4) is 0 Å². The lowest BCUT2D eigenvalue weighted by Crippen LogP contribution is -2.23. The van der Waals surface area contributed by atoms with E-state index in [2.05, 4.69) is 21.1 Å². The van der Waals surface area contributed by atoms with Gasteiger partial charge in [0.1, 0.15) is 16.8 Å². The van der Waals surface area contributed by atoms with E-state index in [1.165, 1.54) is 0 Å². The van der Waals surface area contributed by atoms with Crippen molar-refractivity contribution in [2.24, 2.45) is 0 Å². The fraction of sp³-hybridized carbons (Fsp3) is 0.636. The highest BCUT2D eigenvalue weighted by atomic mass is 35.5. The number of hydrogen-bond acceptors (Lipinski definition) is 4. The molecule has 0 bridgehead atoms. The summed E-state index contributed by atoms with van der Waals surface area (Å²) in [5.41, 5.74) is 0.961. The number of nitrogens with zero attached hydrogens (tertiary/aromatic N) is 3. The molecule has 0 aromatic carbocycles. The second-order valence-electron chi connectivity index (χ2n) is 3.65. The van der Waals surface area contributed by atoms with E-state index in [0.717, 1.165) is 35.9 Å². The van der Waals surface area contributed by atoms with Crippen molar-refractivity contribution in [1.29, 1.82) is 0 Å². The van der Waals surface area contributed by atoms with Crippen molar-refractivity contribution in [3.63, 3.8) is 0 Å². The van der Waals surface area contributed by atoms with Crippen LogP contribution in [0.5, 0.6) is 0 Å². The maximum Gasteiger partial charge on any atom is 0.137 e. The van der Waals surface area contributed by atoms with Crippen LogP contribution in [0.2, 0.25) is 5.15 Å². The molecule has 1 aromatic heterocycles. The molecule has 1 rings (SSSR count). The minimum absolute atomic E-state index is 0.567. The zero-order valence-electron chi connectivity index (χ0n) is 10.2. The average Bonchev–Trinajstić information content (AvgIpc) is 2.29. The third-order valence-electron chi connectivity index (χ3n) is 2.42. The number of anilines is 1. The van der Waals surface area contributed by atoms with Crippen molar-refractivity contribution in [2.45, 2.75) is 20.3 Å². The van der Waals surface area contributed by atoms with Crippen molar-refractivity contribution >= 4 is 29.2 Å². The van der Waals surface area contributed by atoms with Crippen molar-refractivity contribution in [3.05, 3.63) is 16.5 Å². The molecule has 0 fully saturated rings. The Morgan fingerprint density at radius 1 is 1.38 bits per heavy atom. The Labute approximate surface area is 107 Å². The van der Waals surface area contributed by atoms with Crippen molar-refractivity contribution in [1.82, 2.24) is 9.97 Å². The van der Waals surface area contributed by atoms with Crippen LogP contribution in [-0.2, 0) is 6.42 Å². The minimum atomic E-state index is 0.567. The maximum atomic E-state index is 6.09. The molecule has 0 saturated heterocycles. The normalized spacial score (nSPS) is 10.6. The first-order valence-electron chi connectivity index (χ1n) is 5.33. The number of halogens is 1. The van der Waals surface area contributed by atoms with Gasteiger partial charge in [0.15, 0.2) is 0 Å². The molecule has 3 nitrogen and oxygen atoms in total. The molecule has 0 spiro atoms. The van der Waals surface area contributed by atoms with Crippen LogP contribution in [0.15, 0.2) is 0 Å². The van der Waals surface area contributed by atoms with Gasteiger partial charge in [-0.2, -0.15) is 11.8 Å². The Kier molecular flexibility index (Phi) is 5.35. The molecular formula is C11H18ClN3S. The zero-order chi connectivity index (χ0) is 12.1. The molecule has 0 aliphatic rings. The first-order chi connectivity index (χ1) is 7.60. The fourth-order valence-corrected chi connectivity index (χ4v) is 2.02. The minimum Gasteiger partial charge on any atom is -0.358 e. The van der Waals surface area contributed by atoms with Crippen LogP contribution in [0, 0.1) is 6.92 Å².